The van der Waals surface area contributed by atoms with Crippen molar-refractivity contribution >= 4 is 17.7 Å². The molecule has 1 aliphatic heterocycles. The van der Waals surface area contributed by atoms with Crippen molar-refractivity contribution in [1.29, 1.82) is 15.8 Å². The molecule has 0 unspecified atom stereocenters. The highest BCUT2D eigenvalue weighted by Gasteiger charge is 2.38. The summed E-state index contributed by atoms with van der Waals surface area (Å²) in [6.45, 7) is 3.88. The van der Waals surface area contributed by atoms with Crippen molar-refractivity contribution < 1.29 is 19.4 Å². The summed E-state index contributed by atoms with van der Waals surface area (Å²) in [4.78, 5) is 10.6. The molecule has 1 heterocycles. The highest BCUT2D eigenvalue weighted by Crippen LogP contribution is 2.40. The number of hydrogen-bond acceptors (Lipinski definition) is 7. The number of nitrogens with two attached hydrogens (primary N) is 1. The van der Waals surface area contributed by atoms with E-state index in [-0.39, 0.29) is 23.3 Å². The third-order valence-electron chi connectivity index (χ3n) is 4.85. The topological polar surface area (TPSA) is 153 Å². The molecule has 0 aromatic heterocycles. The molecule has 8 nitrogen and oxygen atoms in total. The average molecular weight is 432 g/mol. The van der Waals surface area contributed by atoms with E-state index in [1.165, 1.54) is 0 Å². The molecule has 1 aromatic carbocycles. The SMILES string of the molecule is CC1(C)OC(=C(C#N)C#N)C(C#N)=C1C=Cc1cccc(N)c1OCCCCCC(=O)O. The van der Waals surface area contributed by atoms with Gasteiger partial charge in [-0.3, -0.25) is 4.79 Å². The Balaban J connectivity index is 2.29. The van der Waals surface area contributed by atoms with Crippen molar-refractivity contribution in [1.82, 2.24) is 0 Å². The Kier molecular flexibility index (Phi) is 8.04. The number of ether oxygens (including phenoxy) is 2. The molecule has 0 amide bonds. The molecule has 0 spiro atoms. The van der Waals surface area contributed by atoms with Gasteiger partial charge in [0.25, 0.3) is 0 Å². The molecular weight excluding hydrogens is 408 g/mol. The first kappa shape index (κ1) is 24.1. The van der Waals surface area contributed by atoms with Gasteiger partial charge in [-0.1, -0.05) is 24.3 Å². The molecule has 164 valence electrons. The number of nitrogen functional groups attached to an aromatic ring is 1. The van der Waals surface area contributed by atoms with Crippen LogP contribution in [-0.4, -0.2) is 23.3 Å². The zero-order chi connectivity index (χ0) is 23.7. The second-order valence-electron chi connectivity index (χ2n) is 7.59. The lowest BCUT2D eigenvalue weighted by atomic mass is 9.94. The first-order valence-corrected chi connectivity index (χ1v) is 10.0. The number of carboxylic acid groups (broad SMARTS) is 1. The molecular formula is C24H24N4O4. The molecule has 1 aliphatic rings. The fourth-order valence-electron chi connectivity index (χ4n) is 3.26. The number of benzene rings is 1. The van der Waals surface area contributed by atoms with E-state index < -0.39 is 11.6 Å². The first-order chi connectivity index (χ1) is 15.2. The maximum atomic E-state index is 10.6. The predicted octanol–water partition coefficient (Wildman–Crippen LogP) is 4.24. The summed E-state index contributed by atoms with van der Waals surface area (Å²) < 4.78 is 11.6. The van der Waals surface area contributed by atoms with E-state index in [1.54, 1.807) is 50.3 Å². The molecule has 0 saturated carbocycles. The second-order valence-corrected chi connectivity index (χ2v) is 7.59. The Hall–Kier alpha value is -4.22. The van der Waals surface area contributed by atoms with Crippen LogP contribution >= 0.6 is 0 Å². The molecule has 3 N–H and O–H groups in total. The van der Waals surface area contributed by atoms with E-state index in [9.17, 15) is 20.6 Å². The minimum absolute atomic E-state index is 0.0208. The van der Waals surface area contributed by atoms with Gasteiger partial charge in [0, 0.05) is 17.6 Å². The first-order valence-electron chi connectivity index (χ1n) is 10.0. The van der Waals surface area contributed by atoms with E-state index in [2.05, 4.69) is 0 Å². The summed E-state index contributed by atoms with van der Waals surface area (Å²) in [5.74, 6) is -0.346. The molecule has 8 heteroatoms. The van der Waals surface area contributed by atoms with Crippen molar-refractivity contribution in [3.8, 4) is 24.0 Å². The third kappa shape index (κ3) is 5.68. The summed E-state index contributed by atoms with van der Waals surface area (Å²) in [6, 6.07) is 10.9. The van der Waals surface area contributed by atoms with Gasteiger partial charge in [-0.25, -0.2) is 0 Å². The fourth-order valence-corrected chi connectivity index (χ4v) is 3.26. The number of para-hydroxylation sites is 1. The molecule has 0 fully saturated rings. The summed E-state index contributed by atoms with van der Waals surface area (Å²) in [7, 11) is 0. The summed E-state index contributed by atoms with van der Waals surface area (Å²) in [5, 5.41) is 36.7. The number of aliphatic carboxylic acids is 1. The summed E-state index contributed by atoms with van der Waals surface area (Å²) >= 11 is 0. The predicted molar refractivity (Wildman–Crippen MR) is 118 cm³/mol. The molecule has 0 aliphatic carbocycles. The van der Waals surface area contributed by atoms with Gasteiger partial charge in [-0.2, -0.15) is 15.8 Å². The number of hydrogen-bond donors (Lipinski definition) is 2. The van der Waals surface area contributed by atoms with E-state index >= 15 is 0 Å². The van der Waals surface area contributed by atoms with Gasteiger partial charge in [0.15, 0.2) is 11.3 Å². The van der Waals surface area contributed by atoms with Gasteiger partial charge in [0.05, 0.1) is 12.3 Å². The molecule has 1 aromatic rings. The van der Waals surface area contributed by atoms with Crippen molar-refractivity contribution in [2.45, 2.75) is 45.1 Å². The van der Waals surface area contributed by atoms with E-state index in [4.69, 9.17) is 20.3 Å². The van der Waals surface area contributed by atoms with Gasteiger partial charge in [-0.05, 0) is 39.2 Å². The number of unbranched alkanes of at least 4 members (excludes halogenated alkanes) is 2. The van der Waals surface area contributed by atoms with Crippen molar-refractivity contribution in [3.63, 3.8) is 0 Å². The summed E-state index contributed by atoms with van der Waals surface area (Å²) in [5.41, 5.74) is 6.71. The highest BCUT2D eigenvalue weighted by molar-refractivity contribution is 5.71. The second kappa shape index (κ2) is 10.7. The molecule has 0 saturated heterocycles. The van der Waals surface area contributed by atoms with Crippen LogP contribution in [0.2, 0.25) is 0 Å². The molecule has 0 bridgehead atoms. The normalized spacial score (nSPS) is 14.4. The van der Waals surface area contributed by atoms with Gasteiger partial charge in [0.2, 0.25) is 0 Å². The fraction of sp³-hybridized carbons (Fsp3) is 0.333. The van der Waals surface area contributed by atoms with Crippen LogP contribution in [0.25, 0.3) is 6.08 Å². The van der Waals surface area contributed by atoms with Gasteiger partial charge in [0.1, 0.15) is 35.1 Å². The lowest BCUT2D eigenvalue weighted by Gasteiger charge is -2.20. The Morgan fingerprint density at radius 2 is 1.91 bits per heavy atom. The van der Waals surface area contributed by atoms with Crippen LogP contribution in [-0.2, 0) is 9.53 Å². The Morgan fingerprint density at radius 1 is 1.19 bits per heavy atom. The van der Waals surface area contributed by atoms with Crippen LogP contribution in [0.5, 0.6) is 5.75 Å². The Bertz CT molecular complexity index is 1090. The minimum Gasteiger partial charge on any atom is -0.491 e. The number of carbonyl (C=O) groups is 1. The lowest BCUT2D eigenvalue weighted by molar-refractivity contribution is -0.137. The third-order valence-corrected chi connectivity index (χ3v) is 4.85. The Morgan fingerprint density at radius 3 is 2.53 bits per heavy atom. The number of anilines is 1. The maximum absolute atomic E-state index is 10.6. The molecule has 32 heavy (non-hydrogen) atoms. The standard InChI is InChI=1S/C24H24N4O4/c1-24(2)19(18(15-27)22(32-24)17(13-25)14-26)11-10-16-7-6-8-20(28)23(16)31-12-5-3-4-9-21(29)30/h6-8,10-11H,3-5,9,12,28H2,1-2H3,(H,29,30). The zero-order valence-electron chi connectivity index (χ0n) is 18.0. The van der Waals surface area contributed by atoms with Crippen molar-refractivity contribution in [3.05, 3.63) is 52.3 Å². The summed E-state index contributed by atoms with van der Waals surface area (Å²) in [6.07, 6.45) is 5.57. The van der Waals surface area contributed by atoms with E-state index in [0.717, 1.165) is 6.42 Å². The quantitative estimate of drug-likeness (QED) is 0.334. The maximum Gasteiger partial charge on any atom is 0.303 e. The van der Waals surface area contributed by atoms with Crippen LogP contribution in [0.15, 0.2) is 46.8 Å². The molecule has 0 radical (unpaired) electrons. The zero-order valence-corrected chi connectivity index (χ0v) is 18.0. The number of carboxylic acids is 1. The van der Waals surface area contributed by atoms with Crippen molar-refractivity contribution in [2.75, 3.05) is 12.3 Å². The van der Waals surface area contributed by atoms with Crippen molar-refractivity contribution in [2.24, 2.45) is 0 Å². The van der Waals surface area contributed by atoms with Crippen LogP contribution < -0.4 is 10.5 Å². The highest BCUT2D eigenvalue weighted by atomic mass is 16.5. The number of rotatable bonds is 9. The van der Waals surface area contributed by atoms with Gasteiger partial charge < -0.3 is 20.3 Å². The van der Waals surface area contributed by atoms with Gasteiger partial charge in [-0.15, -0.1) is 0 Å². The number of nitriles is 3. The monoisotopic (exact) mass is 432 g/mol. The Labute approximate surface area is 187 Å². The average Bonchev–Trinajstić information content (AvgIpc) is 3.00. The van der Waals surface area contributed by atoms with Crippen LogP contribution in [0.3, 0.4) is 0 Å². The molecule has 2 rings (SSSR count). The smallest absolute Gasteiger partial charge is 0.303 e. The van der Waals surface area contributed by atoms with Crippen LogP contribution in [0.1, 0.15) is 45.1 Å². The van der Waals surface area contributed by atoms with Gasteiger partial charge >= 0.3 is 5.97 Å². The lowest BCUT2D eigenvalue weighted by Crippen LogP contribution is -2.20. The number of nitrogens with zero attached hydrogens (tertiary/aromatic N) is 3. The minimum atomic E-state index is -0.915. The van der Waals surface area contributed by atoms with E-state index in [0.29, 0.717) is 42.0 Å². The number of allylic oxidation sites excluding steroid dienone is 2. The van der Waals surface area contributed by atoms with Crippen LogP contribution in [0, 0.1) is 34.0 Å². The largest absolute Gasteiger partial charge is 0.491 e. The molecule has 0 atom stereocenters. The van der Waals surface area contributed by atoms with E-state index in [1.807, 2.05) is 12.1 Å². The van der Waals surface area contributed by atoms with Crippen LogP contribution in [0.4, 0.5) is 5.69 Å².